The van der Waals surface area contributed by atoms with Gasteiger partial charge in [-0.2, -0.15) is 0 Å². The summed E-state index contributed by atoms with van der Waals surface area (Å²) in [6.07, 6.45) is 3.58. The van der Waals surface area contributed by atoms with Gasteiger partial charge >= 0.3 is 0 Å². The Morgan fingerprint density at radius 3 is 2.00 bits per heavy atom. The number of carbonyl (C=O) groups excluding carboxylic acids is 1. The molecule has 0 atom stereocenters. The van der Waals surface area contributed by atoms with E-state index in [4.69, 9.17) is 0 Å². The van der Waals surface area contributed by atoms with E-state index in [0.29, 0.717) is 0 Å². The predicted octanol–water partition coefficient (Wildman–Crippen LogP) is 0.830. The Labute approximate surface area is 76.2 Å². The molecule has 10 heavy (non-hydrogen) atoms. The van der Waals surface area contributed by atoms with Crippen LogP contribution in [-0.2, 0) is 25.9 Å². The predicted molar refractivity (Wildman–Crippen MR) is 35.8 cm³/mol. The Hall–Kier alpha value is 0.0283. The van der Waals surface area contributed by atoms with Crippen molar-refractivity contribution in [2.75, 3.05) is 13.1 Å². The number of hydrogen-bond acceptors (Lipinski definition) is 1. The maximum Gasteiger partial charge on any atom is 0.0823 e. The molecular weight excluding hydrogens is 298 g/mol. The molecule has 0 spiro atoms. The Bertz CT molecular complexity index is 110. The van der Waals surface area contributed by atoms with E-state index < -0.39 is 0 Å². The van der Waals surface area contributed by atoms with Crippen LogP contribution >= 0.6 is 0 Å². The fraction of sp³-hybridized carbons (Fsp3) is 0.714. The molecule has 3 heteroatoms. The van der Waals surface area contributed by atoms with Gasteiger partial charge in [0.25, 0.3) is 0 Å². The first-order valence-corrected chi connectivity index (χ1v) is 3.41. The summed E-state index contributed by atoms with van der Waals surface area (Å²) in [6.45, 7) is 5.19. The van der Waals surface area contributed by atoms with Gasteiger partial charge in [0.2, 0.25) is 0 Å². The molecule has 0 aliphatic carbocycles. The maximum absolute atomic E-state index is 10.6. The quantitative estimate of drug-likeness (QED) is 0.607. The molecule has 1 aliphatic rings. The fourth-order valence-electron chi connectivity index (χ4n) is 1.14. The Balaban J connectivity index is 0.000000810. The van der Waals surface area contributed by atoms with Gasteiger partial charge < -0.3 is 16.6 Å². The molecular formula is C7H12NOW-. The monoisotopic (exact) mass is 310 g/mol. The summed E-state index contributed by atoms with van der Waals surface area (Å²) in [5, 5.41) is 0. The molecule has 0 N–H and O–H groups in total. The van der Waals surface area contributed by atoms with Crippen molar-refractivity contribution in [2.45, 2.75) is 19.3 Å². The summed E-state index contributed by atoms with van der Waals surface area (Å²) in [5.74, 6) is -0.0188. The summed E-state index contributed by atoms with van der Waals surface area (Å²) < 4.78 is 0. The minimum Gasteiger partial charge on any atom is -0.368 e. The Kier molecular flexibility index (Phi) is 4.80. The zero-order valence-electron chi connectivity index (χ0n) is 6.01. The minimum atomic E-state index is -0.0188. The van der Waals surface area contributed by atoms with Crippen molar-refractivity contribution >= 4 is 5.91 Å². The first-order chi connectivity index (χ1) is 4.30. The summed E-state index contributed by atoms with van der Waals surface area (Å²) in [7, 11) is 0. The molecule has 0 bridgehead atoms. The first kappa shape index (κ1) is 10.0. The number of amides is 1. The second-order valence-corrected chi connectivity index (χ2v) is 2.44. The number of nitrogens with zero attached hydrogens (tertiary/aromatic N) is 1. The smallest absolute Gasteiger partial charge is 0.0823 e. The van der Waals surface area contributed by atoms with Crippen molar-refractivity contribution in [3.05, 3.63) is 6.92 Å². The molecule has 1 rings (SSSR count). The van der Waals surface area contributed by atoms with E-state index in [9.17, 15) is 4.79 Å². The molecule has 2 nitrogen and oxygen atoms in total. The van der Waals surface area contributed by atoms with Crippen LogP contribution in [0.5, 0.6) is 0 Å². The van der Waals surface area contributed by atoms with Crippen molar-refractivity contribution in [3.8, 4) is 0 Å². The van der Waals surface area contributed by atoms with Crippen molar-refractivity contribution in [1.29, 1.82) is 0 Å². The molecule has 1 fully saturated rings. The van der Waals surface area contributed by atoms with Gasteiger partial charge in [-0.25, -0.2) is 0 Å². The topological polar surface area (TPSA) is 20.3 Å². The number of piperidine rings is 1. The maximum atomic E-state index is 10.6. The Morgan fingerprint density at radius 1 is 1.20 bits per heavy atom. The van der Waals surface area contributed by atoms with Crippen molar-refractivity contribution in [3.63, 3.8) is 0 Å². The third kappa shape index (κ3) is 2.74. The van der Waals surface area contributed by atoms with Crippen LogP contribution in [0.2, 0.25) is 0 Å². The third-order valence-corrected chi connectivity index (χ3v) is 1.71. The van der Waals surface area contributed by atoms with Crippen LogP contribution in [0, 0.1) is 6.92 Å². The van der Waals surface area contributed by atoms with Crippen LogP contribution in [0.4, 0.5) is 0 Å². The molecule has 0 unspecified atom stereocenters. The molecule has 0 aromatic heterocycles. The van der Waals surface area contributed by atoms with Gasteiger partial charge in [0.1, 0.15) is 0 Å². The van der Waals surface area contributed by atoms with Crippen molar-refractivity contribution in [2.24, 2.45) is 0 Å². The van der Waals surface area contributed by atoms with Crippen LogP contribution in [0.1, 0.15) is 19.3 Å². The molecule has 1 saturated heterocycles. The zero-order valence-corrected chi connectivity index (χ0v) is 8.94. The van der Waals surface area contributed by atoms with E-state index in [-0.39, 0.29) is 27.0 Å². The molecule has 1 amide bonds. The van der Waals surface area contributed by atoms with Crippen LogP contribution in [0.25, 0.3) is 0 Å². The molecule has 58 valence electrons. The molecule has 1 aliphatic heterocycles. The largest absolute Gasteiger partial charge is 0.368 e. The van der Waals surface area contributed by atoms with Crippen LogP contribution < -0.4 is 0 Å². The number of hydrogen-bond donors (Lipinski definition) is 0. The van der Waals surface area contributed by atoms with Gasteiger partial charge in [0.05, 0.1) is 5.91 Å². The minimum absolute atomic E-state index is 0. The summed E-state index contributed by atoms with van der Waals surface area (Å²) in [4.78, 5) is 12.4. The Morgan fingerprint density at radius 2 is 1.70 bits per heavy atom. The average molecular weight is 310 g/mol. The van der Waals surface area contributed by atoms with Crippen LogP contribution in [0.15, 0.2) is 0 Å². The molecule has 0 aromatic carbocycles. The average Bonchev–Trinajstić information content (AvgIpc) is 1.90. The van der Waals surface area contributed by atoms with E-state index in [1.54, 1.807) is 0 Å². The fourth-order valence-corrected chi connectivity index (χ4v) is 1.14. The second-order valence-electron chi connectivity index (χ2n) is 2.44. The van der Waals surface area contributed by atoms with E-state index in [1.807, 2.05) is 4.90 Å². The number of likely N-dealkylation sites (tertiary alicyclic amines) is 1. The van der Waals surface area contributed by atoms with Gasteiger partial charge in [0.15, 0.2) is 0 Å². The summed E-state index contributed by atoms with van der Waals surface area (Å²) in [6, 6.07) is 0. The third-order valence-electron chi connectivity index (χ3n) is 1.71. The second kappa shape index (κ2) is 4.78. The van der Waals surface area contributed by atoms with Gasteiger partial charge in [-0.05, 0) is 19.3 Å². The molecule has 0 aromatic rings. The van der Waals surface area contributed by atoms with Gasteiger partial charge in [-0.15, -0.1) is 0 Å². The summed E-state index contributed by atoms with van der Waals surface area (Å²) in [5.41, 5.74) is 0. The SMILES string of the molecule is [CH2-]C(=O)N1CCCCC1.[W]. The van der Waals surface area contributed by atoms with Crippen molar-refractivity contribution in [1.82, 2.24) is 4.90 Å². The van der Waals surface area contributed by atoms with Gasteiger partial charge in [-0.1, -0.05) is 0 Å². The standard InChI is InChI=1S/C7H12NO.W/c1-7(9)8-5-3-2-4-6-8;/h1-6H2;/q-1;. The molecule has 0 saturated carbocycles. The van der Waals surface area contributed by atoms with E-state index in [0.717, 1.165) is 25.9 Å². The van der Waals surface area contributed by atoms with E-state index in [1.165, 1.54) is 6.42 Å². The van der Waals surface area contributed by atoms with Gasteiger partial charge in [0, 0.05) is 34.2 Å². The molecule has 0 radical (unpaired) electrons. The first-order valence-electron chi connectivity index (χ1n) is 3.41. The van der Waals surface area contributed by atoms with Crippen LogP contribution in [0.3, 0.4) is 0 Å². The number of rotatable bonds is 0. The van der Waals surface area contributed by atoms with Gasteiger partial charge in [-0.3, -0.25) is 0 Å². The van der Waals surface area contributed by atoms with Crippen molar-refractivity contribution < 1.29 is 25.9 Å². The van der Waals surface area contributed by atoms with E-state index in [2.05, 4.69) is 6.92 Å². The summed E-state index contributed by atoms with van der Waals surface area (Å²) >= 11 is 0. The van der Waals surface area contributed by atoms with Crippen LogP contribution in [-0.4, -0.2) is 23.9 Å². The normalized spacial score (nSPS) is 17.8. The zero-order chi connectivity index (χ0) is 6.69. The molecule has 1 heterocycles. The van der Waals surface area contributed by atoms with E-state index >= 15 is 0 Å². The number of carbonyl (C=O) groups is 1.